The van der Waals surface area contributed by atoms with Gasteiger partial charge in [-0.15, -0.1) is 0 Å². The predicted octanol–water partition coefficient (Wildman–Crippen LogP) is 2.16. The van der Waals surface area contributed by atoms with Crippen LogP contribution in [0.5, 0.6) is 5.75 Å². The van der Waals surface area contributed by atoms with Crippen LogP contribution in [-0.4, -0.2) is 42.2 Å². The zero-order chi connectivity index (χ0) is 19.7. The molecule has 7 heteroatoms. The molecule has 5 rings (SSSR count). The Bertz CT molecular complexity index is 813. The monoisotopic (exact) mass is 382 g/mol. The topological polar surface area (TPSA) is 85.3 Å². The summed E-state index contributed by atoms with van der Waals surface area (Å²) < 4.78 is 10.1. The molecule has 2 amide bonds. The lowest BCUT2D eigenvalue weighted by atomic mass is 9.63. The van der Waals surface area contributed by atoms with Crippen molar-refractivity contribution in [3.8, 4) is 5.75 Å². The number of carbonyl (C=O) groups excluding carboxylic acids is 3. The number of hydrogen-bond donors (Lipinski definition) is 0. The third-order valence-electron chi connectivity index (χ3n) is 5.60. The molecule has 3 aliphatic carbocycles. The van der Waals surface area contributed by atoms with Crippen LogP contribution in [0.15, 0.2) is 41.5 Å². The first kappa shape index (κ1) is 18.4. The quantitative estimate of drug-likeness (QED) is 0.326. The van der Waals surface area contributed by atoms with Crippen molar-refractivity contribution in [1.82, 2.24) is 5.01 Å². The van der Waals surface area contributed by atoms with E-state index in [0.29, 0.717) is 12.4 Å². The van der Waals surface area contributed by atoms with E-state index in [2.05, 4.69) is 17.3 Å². The second kappa shape index (κ2) is 7.58. The molecule has 0 spiro atoms. The number of amides is 2. The summed E-state index contributed by atoms with van der Waals surface area (Å²) in [7, 11) is 0. The summed E-state index contributed by atoms with van der Waals surface area (Å²) in [5.41, 5.74) is 0.722. The molecule has 28 heavy (non-hydrogen) atoms. The van der Waals surface area contributed by atoms with Gasteiger partial charge in [0.1, 0.15) is 5.75 Å². The van der Waals surface area contributed by atoms with Gasteiger partial charge >= 0.3 is 5.97 Å². The van der Waals surface area contributed by atoms with Crippen molar-refractivity contribution in [3.05, 3.63) is 42.0 Å². The normalized spacial score (nSPS) is 28.1. The maximum absolute atomic E-state index is 12.7. The first-order chi connectivity index (χ1) is 13.6. The van der Waals surface area contributed by atoms with E-state index >= 15 is 0 Å². The fraction of sp³-hybridized carbons (Fsp3) is 0.429. The molecule has 2 bridgehead atoms. The fourth-order valence-electron chi connectivity index (χ4n) is 4.29. The SMILES string of the molecule is CCOC(=O)COc1ccc(C=NN2C(=O)C3C4C=CC(CC4)C3C2=O)cc1. The molecule has 1 aromatic rings. The summed E-state index contributed by atoms with van der Waals surface area (Å²) in [6.07, 6.45) is 7.60. The molecule has 4 unspecified atom stereocenters. The fourth-order valence-corrected chi connectivity index (χ4v) is 4.29. The zero-order valence-corrected chi connectivity index (χ0v) is 15.6. The molecule has 1 aromatic carbocycles. The molecule has 1 saturated carbocycles. The van der Waals surface area contributed by atoms with Gasteiger partial charge in [-0.25, -0.2) is 4.79 Å². The standard InChI is InChI=1S/C21H22N2O5/c1-2-27-17(24)12-28-16-9-3-13(4-10-16)11-22-23-20(25)18-14-5-6-15(8-7-14)19(18)21(23)26/h3-6,9-11,14-15,18-19H,2,7-8,12H2,1H3. The molecule has 7 nitrogen and oxygen atoms in total. The number of carbonyl (C=O) groups is 3. The van der Waals surface area contributed by atoms with Crippen molar-refractivity contribution < 1.29 is 23.9 Å². The van der Waals surface area contributed by atoms with E-state index in [9.17, 15) is 14.4 Å². The Morgan fingerprint density at radius 1 is 1.11 bits per heavy atom. The Hall–Kier alpha value is -2.96. The van der Waals surface area contributed by atoms with E-state index in [1.54, 1.807) is 31.2 Å². The highest BCUT2D eigenvalue weighted by atomic mass is 16.6. The Morgan fingerprint density at radius 2 is 1.71 bits per heavy atom. The van der Waals surface area contributed by atoms with Gasteiger partial charge < -0.3 is 9.47 Å². The van der Waals surface area contributed by atoms with Gasteiger partial charge in [-0.1, -0.05) is 12.2 Å². The highest BCUT2D eigenvalue weighted by Gasteiger charge is 2.56. The first-order valence-corrected chi connectivity index (χ1v) is 9.57. The molecule has 4 aliphatic rings. The average molecular weight is 382 g/mol. The van der Waals surface area contributed by atoms with Crippen molar-refractivity contribution in [3.63, 3.8) is 0 Å². The Labute approximate surface area is 163 Å². The summed E-state index contributed by atoms with van der Waals surface area (Å²) >= 11 is 0. The number of ether oxygens (including phenoxy) is 2. The van der Waals surface area contributed by atoms with Gasteiger partial charge in [0, 0.05) is 0 Å². The smallest absolute Gasteiger partial charge is 0.344 e. The third kappa shape index (κ3) is 3.32. The van der Waals surface area contributed by atoms with Crippen LogP contribution < -0.4 is 4.74 Å². The average Bonchev–Trinajstić information content (AvgIpc) is 2.99. The number of allylic oxidation sites excluding steroid dienone is 2. The molecular weight excluding hydrogens is 360 g/mol. The molecule has 146 valence electrons. The molecule has 0 aromatic heterocycles. The van der Waals surface area contributed by atoms with Crippen LogP contribution in [0.3, 0.4) is 0 Å². The molecule has 2 fully saturated rings. The van der Waals surface area contributed by atoms with Gasteiger partial charge in [-0.05, 0) is 61.4 Å². The predicted molar refractivity (Wildman–Crippen MR) is 100 cm³/mol. The number of benzene rings is 1. The second-order valence-electron chi connectivity index (χ2n) is 7.24. The number of esters is 1. The number of imide groups is 1. The third-order valence-corrected chi connectivity index (χ3v) is 5.60. The number of fused-ring (bicyclic) bond motifs is 1. The summed E-state index contributed by atoms with van der Waals surface area (Å²) in [6.45, 7) is 1.89. The van der Waals surface area contributed by atoms with Crippen molar-refractivity contribution in [1.29, 1.82) is 0 Å². The van der Waals surface area contributed by atoms with E-state index < -0.39 is 5.97 Å². The van der Waals surface area contributed by atoms with E-state index in [1.165, 1.54) is 6.21 Å². The van der Waals surface area contributed by atoms with Crippen molar-refractivity contribution in [2.75, 3.05) is 13.2 Å². The van der Waals surface area contributed by atoms with E-state index in [-0.39, 0.29) is 42.1 Å². The van der Waals surface area contributed by atoms with Gasteiger partial charge in [-0.2, -0.15) is 10.1 Å². The Balaban J connectivity index is 1.40. The summed E-state index contributed by atoms with van der Waals surface area (Å²) in [6, 6.07) is 6.87. The van der Waals surface area contributed by atoms with Gasteiger partial charge in [-0.3, -0.25) is 9.59 Å². The Morgan fingerprint density at radius 3 is 2.25 bits per heavy atom. The van der Waals surface area contributed by atoms with Crippen molar-refractivity contribution in [2.45, 2.75) is 19.8 Å². The van der Waals surface area contributed by atoms with Crippen LogP contribution in [0.1, 0.15) is 25.3 Å². The Kier molecular flexibility index (Phi) is 4.98. The molecule has 1 saturated heterocycles. The van der Waals surface area contributed by atoms with Gasteiger partial charge in [0.05, 0.1) is 24.7 Å². The summed E-state index contributed by atoms with van der Waals surface area (Å²) in [4.78, 5) is 36.7. The van der Waals surface area contributed by atoms with Crippen molar-refractivity contribution >= 4 is 24.0 Å². The first-order valence-electron chi connectivity index (χ1n) is 9.57. The molecule has 0 N–H and O–H groups in total. The van der Waals surface area contributed by atoms with E-state index in [4.69, 9.17) is 9.47 Å². The van der Waals surface area contributed by atoms with Gasteiger partial charge in [0.25, 0.3) is 11.8 Å². The maximum Gasteiger partial charge on any atom is 0.344 e. The highest BCUT2D eigenvalue weighted by Crippen LogP contribution is 2.49. The maximum atomic E-state index is 12.7. The number of hydrogen-bond acceptors (Lipinski definition) is 6. The minimum Gasteiger partial charge on any atom is -0.482 e. The minimum absolute atomic E-state index is 0.155. The van der Waals surface area contributed by atoms with Crippen LogP contribution in [-0.2, 0) is 19.1 Å². The van der Waals surface area contributed by atoms with Crippen LogP contribution in [0.2, 0.25) is 0 Å². The summed E-state index contributed by atoms with van der Waals surface area (Å²) in [5, 5.41) is 5.21. The number of rotatable bonds is 6. The van der Waals surface area contributed by atoms with E-state index in [0.717, 1.165) is 23.4 Å². The van der Waals surface area contributed by atoms with E-state index in [1.807, 2.05) is 0 Å². The number of hydrazone groups is 1. The van der Waals surface area contributed by atoms with Gasteiger partial charge in [0.2, 0.25) is 0 Å². The highest BCUT2D eigenvalue weighted by molar-refractivity contribution is 6.06. The second-order valence-corrected chi connectivity index (χ2v) is 7.24. The largest absolute Gasteiger partial charge is 0.482 e. The number of nitrogens with zero attached hydrogens (tertiary/aromatic N) is 2. The molecule has 1 aliphatic heterocycles. The zero-order valence-electron chi connectivity index (χ0n) is 15.6. The van der Waals surface area contributed by atoms with Crippen LogP contribution in [0.4, 0.5) is 0 Å². The minimum atomic E-state index is -0.427. The van der Waals surface area contributed by atoms with Crippen molar-refractivity contribution in [2.24, 2.45) is 28.8 Å². The lowest BCUT2D eigenvalue weighted by Crippen LogP contribution is -2.38. The van der Waals surface area contributed by atoms with Gasteiger partial charge in [0.15, 0.2) is 6.61 Å². The summed E-state index contributed by atoms with van der Waals surface area (Å²) in [5.74, 6) is -0.500. The molecule has 0 radical (unpaired) electrons. The van der Waals surface area contributed by atoms with Crippen LogP contribution in [0.25, 0.3) is 0 Å². The molecule has 1 heterocycles. The lowest BCUT2D eigenvalue weighted by molar-refractivity contribution is -0.145. The molecule has 4 atom stereocenters. The van der Waals surface area contributed by atoms with Crippen LogP contribution in [0, 0.1) is 23.7 Å². The van der Waals surface area contributed by atoms with Crippen LogP contribution >= 0.6 is 0 Å². The lowest BCUT2D eigenvalue weighted by Gasteiger charge is -2.37. The molecular formula is C21H22N2O5.